The molecular weight excluding hydrogens is 196 g/mol. The predicted molar refractivity (Wildman–Crippen MR) is 55.5 cm³/mol. The van der Waals surface area contributed by atoms with Crippen LogP contribution < -0.4 is 15.0 Å². The molecule has 0 spiro atoms. The lowest BCUT2D eigenvalue weighted by molar-refractivity contribution is 0.355. The van der Waals surface area contributed by atoms with Crippen LogP contribution in [0.1, 0.15) is 4.11 Å². The van der Waals surface area contributed by atoms with E-state index in [9.17, 15) is 4.79 Å². The molecular formula is C10H10N2O3. The summed E-state index contributed by atoms with van der Waals surface area (Å²) >= 11 is 0. The van der Waals surface area contributed by atoms with Crippen LogP contribution in [0.25, 0.3) is 10.9 Å². The lowest BCUT2D eigenvalue weighted by Crippen LogP contribution is -2.06. The maximum atomic E-state index is 11.5. The molecule has 0 unspecified atom stereocenters. The first-order chi connectivity index (χ1) is 8.40. The van der Waals surface area contributed by atoms with E-state index in [0.717, 1.165) is 0 Å². The third-order valence-corrected chi connectivity index (χ3v) is 2.04. The second-order valence-corrected chi connectivity index (χ2v) is 2.85. The number of methoxy groups -OCH3 is 2. The molecule has 0 aliphatic heterocycles. The topological polar surface area (TPSA) is 64.2 Å². The summed E-state index contributed by atoms with van der Waals surface area (Å²) in [6.45, 7) is 0. The van der Waals surface area contributed by atoms with E-state index in [4.69, 9.17) is 13.6 Å². The summed E-state index contributed by atoms with van der Waals surface area (Å²) < 4.78 is 31.0. The van der Waals surface area contributed by atoms with Gasteiger partial charge in [-0.3, -0.25) is 4.79 Å². The number of fused-ring (bicyclic) bond motifs is 1. The van der Waals surface area contributed by atoms with Gasteiger partial charge in [-0.25, -0.2) is 4.98 Å². The number of nitrogens with zero attached hydrogens (tertiary/aromatic N) is 1. The number of benzene rings is 1. The van der Waals surface area contributed by atoms with Crippen LogP contribution in [-0.4, -0.2) is 24.1 Å². The van der Waals surface area contributed by atoms with Crippen LogP contribution in [0.4, 0.5) is 0 Å². The molecule has 1 aromatic heterocycles. The Hall–Kier alpha value is -2.04. The van der Waals surface area contributed by atoms with E-state index in [2.05, 4.69) is 9.97 Å². The highest BCUT2D eigenvalue weighted by Crippen LogP contribution is 2.29. The second-order valence-electron chi connectivity index (χ2n) is 2.85. The lowest BCUT2D eigenvalue weighted by Gasteiger charge is -2.07. The molecule has 2 aromatic rings. The molecule has 0 atom stereocenters. The number of ether oxygens (including phenoxy) is 2. The quantitative estimate of drug-likeness (QED) is 0.799. The van der Waals surface area contributed by atoms with Gasteiger partial charge in [0.05, 0.1) is 35.5 Å². The van der Waals surface area contributed by atoms with Crippen molar-refractivity contribution in [2.75, 3.05) is 14.1 Å². The molecule has 0 fully saturated rings. The van der Waals surface area contributed by atoms with Crippen LogP contribution in [0.15, 0.2) is 23.3 Å². The van der Waals surface area contributed by atoms with E-state index in [1.165, 1.54) is 25.6 Å². The third-order valence-electron chi connectivity index (χ3n) is 2.04. The minimum Gasteiger partial charge on any atom is -0.493 e. The van der Waals surface area contributed by atoms with Crippen molar-refractivity contribution in [1.82, 2.24) is 9.97 Å². The molecule has 1 heterocycles. The van der Waals surface area contributed by atoms with E-state index in [1.54, 1.807) is 0 Å². The van der Waals surface area contributed by atoms with Gasteiger partial charge < -0.3 is 14.5 Å². The predicted octanol–water partition coefficient (Wildman–Crippen LogP) is 0.940. The van der Waals surface area contributed by atoms with Crippen molar-refractivity contribution in [3.05, 3.63) is 28.8 Å². The maximum absolute atomic E-state index is 11.5. The van der Waals surface area contributed by atoms with Gasteiger partial charge in [0.1, 0.15) is 0 Å². The monoisotopic (exact) mass is 209 g/mol. The standard InChI is InChI=1S/C10H10N2O3/c1-14-8-3-6-7(4-9(8)15-2)11-5-12-10(6)13/h3-5H,1-2H3,(H,11,12,13)/i2D3. The summed E-state index contributed by atoms with van der Waals surface area (Å²) in [4.78, 5) is 17.9. The first-order valence-electron chi connectivity index (χ1n) is 5.65. The Bertz CT molecular complexity index is 636. The molecule has 0 aliphatic rings. The van der Waals surface area contributed by atoms with Gasteiger partial charge >= 0.3 is 0 Å². The Balaban J connectivity index is 2.63. The lowest BCUT2D eigenvalue weighted by atomic mass is 10.2. The molecule has 0 saturated heterocycles. The third kappa shape index (κ3) is 1.52. The van der Waals surface area contributed by atoms with Crippen LogP contribution in [-0.2, 0) is 0 Å². The van der Waals surface area contributed by atoms with Crippen LogP contribution in [0.3, 0.4) is 0 Å². The number of hydrogen-bond donors (Lipinski definition) is 1. The molecule has 0 bridgehead atoms. The minimum absolute atomic E-state index is 0.0168. The Morgan fingerprint density at radius 2 is 2.20 bits per heavy atom. The van der Waals surface area contributed by atoms with E-state index >= 15 is 0 Å². The normalized spacial score (nSPS) is 14.1. The fourth-order valence-corrected chi connectivity index (χ4v) is 1.32. The molecule has 0 saturated carbocycles. The fraction of sp³-hybridized carbons (Fsp3) is 0.200. The smallest absolute Gasteiger partial charge is 0.258 e. The Kier molecular flexibility index (Phi) is 1.55. The van der Waals surface area contributed by atoms with Crippen molar-refractivity contribution in [3.8, 4) is 11.5 Å². The number of H-pyrrole nitrogens is 1. The zero-order valence-electron chi connectivity index (χ0n) is 10.9. The van der Waals surface area contributed by atoms with Crippen LogP contribution in [0.2, 0.25) is 0 Å². The van der Waals surface area contributed by atoms with Crippen molar-refractivity contribution in [1.29, 1.82) is 0 Å². The largest absolute Gasteiger partial charge is 0.493 e. The molecule has 1 N–H and O–H groups in total. The van der Waals surface area contributed by atoms with Gasteiger partial charge in [-0.1, -0.05) is 0 Å². The van der Waals surface area contributed by atoms with Crippen molar-refractivity contribution in [2.45, 2.75) is 0 Å². The van der Waals surface area contributed by atoms with Gasteiger partial charge in [0.25, 0.3) is 5.56 Å². The molecule has 2 rings (SSSR count). The van der Waals surface area contributed by atoms with E-state index < -0.39 is 7.04 Å². The molecule has 0 aliphatic carbocycles. The highest BCUT2D eigenvalue weighted by Gasteiger charge is 2.08. The van der Waals surface area contributed by atoms with Crippen molar-refractivity contribution < 1.29 is 13.6 Å². The summed E-state index contributed by atoms with van der Waals surface area (Å²) in [5, 5.41) is 0.298. The SMILES string of the molecule is [2H]C([2H])([2H])Oc1cc2nc[nH]c(=O)c2cc1OC. The van der Waals surface area contributed by atoms with Gasteiger partial charge in [-0.15, -0.1) is 0 Å². The van der Waals surface area contributed by atoms with Crippen LogP contribution in [0.5, 0.6) is 11.5 Å². The van der Waals surface area contributed by atoms with Gasteiger partial charge in [0, 0.05) is 6.07 Å². The summed E-state index contributed by atoms with van der Waals surface area (Å²) in [6.07, 6.45) is 1.23. The molecule has 15 heavy (non-hydrogen) atoms. The summed E-state index contributed by atoms with van der Waals surface area (Å²) in [7, 11) is -1.24. The summed E-state index contributed by atoms with van der Waals surface area (Å²) in [5.41, 5.74) is -0.00228. The first-order valence-corrected chi connectivity index (χ1v) is 4.15. The highest BCUT2D eigenvalue weighted by molar-refractivity contribution is 5.81. The average molecular weight is 209 g/mol. The van der Waals surface area contributed by atoms with Crippen molar-refractivity contribution >= 4 is 10.9 Å². The van der Waals surface area contributed by atoms with E-state index in [1.807, 2.05) is 0 Å². The second kappa shape index (κ2) is 3.61. The Morgan fingerprint density at radius 3 is 2.93 bits per heavy atom. The molecule has 0 amide bonds. The fourth-order valence-electron chi connectivity index (χ4n) is 1.32. The number of hydrogen-bond acceptors (Lipinski definition) is 4. The Morgan fingerprint density at radius 1 is 1.40 bits per heavy atom. The molecule has 1 aromatic carbocycles. The maximum Gasteiger partial charge on any atom is 0.258 e. The molecule has 0 radical (unpaired) electrons. The molecule has 78 valence electrons. The number of aromatic amines is 1. The highest BCUT2D eigenvalue weighted by atomic mass is 16.5. The van der Waals surface area contributed by atoms with Gasteiger partial charge in [-0.05, 0) is 6.07 Å². The Labute approximate surface area is 89.9 Å². The summed E-state index contributed by atoms with van der Waals surface area (Å²) in [5.74, 6) is 0.181. The minimum atomic E-state index is -2.60. The van der Waals surface area contributed by atoms with Crippen molar-refractivity contribution in [2.24, 2.45) is 0 Å². The molecule has 5 nitrogen and oxygen atoms in total. The van der Waals surface area contributed by atoms with E-state index in [0.29, 0.717) is 10.9 Å². The summed E-state index contributed by atoms with van der Waals surface area (Å²) in [6, 6.07) is 2.75. The molecule has 5 heteroatoms. The number of rotatable bonds is 2. The van der Waals surface area contributed by atoms with Gasteiger partial charge in [-0.2, -0.15) is 0 Å². The van der Waals surface area contributed by atoms with Crippen molar-refractivity contribution in [3.63, 3.8) is 0 Å². The van der Waals surface area contributed by atoms with Crippen LogP contribution >= 0.6 is 0 Å². The van der Waals surface area contributed by atoms with Gasteiger partial charge in [0.2, 0.25) is 0 Å². The zero-order valence-corrected chi connectivity index (χ0v) is 7.90. The van der Waals surface area contributed by atoms with Gasteiger partial charge in [0.15, 0.2) is 11.5 Å². The average Bonchev–Trinajstić information content (AvgIpc) is 2.26. The number of nitrogens with one attached hydrogen (secondary N) is 1. The zero-order chi connectivity index (χ0) is 13.3. The van der Waals surface area contributed by atoms with E-state index in [-0.39, 0.29) is 17.1 Å². The van der Waals surface area contributed by atoms with Crippen LogP contribution in [0, 0.1) is 0 Å². The first kappa shape index (κ1) is 6.44. The number of aromatic nitrogens is 2.